The maximum atomic E-state index is 13.1. The first-order valence-corrected chi connectivity index (χ1v) is 6.45. The van der Waals surface area contributed by atoms with E-state index in [4.69, 9.17) is 0 Å². The van der Waals surface area contributed by atoms with Crippen molar-refractivity contribution in [2.45, 2.75) is 18.9 Å². The molecule has 0 fully saturated rings. The molecule has 2 aromatic carbocycles. The monoisotopic (exact) mass is 273 g/mol. The van der Waals surface area contributed by atoms with Crippen LogP contribution in [0.5, 0.6) is 0 Å². The normalized spacial score (nSPS) is 16.8. The summed E-state index contributed by atoms with van der Waals surface area (Å²) in [5.41, 5.74) is 2.43. The Balaban J connectivity index is 1.68. The average Bonchev–Trinajstić information content (AvgIpc) is 2.80. The Bertz CT molecular complexity index is 652. The molecule has 1 atom stereocenters. The van der Waals surface area contributed by atoms with Gasteiger partial charge in [0.1, 0.15) is 11.6 Å². The highest BCUT2D eigenvalue weighted by molar-refractivity contribution is 5.94. The molecule has 0 aromatic heterocycles. The SMILES string of the molecule is O=C(NC1Cc2ccc(F)cc2C1)c1ccc(F)cc1. The predicted molar refractivity (Wildman–Crippen MR) is 71.5 cm³/mol. The molecule has 1 N–H and O–H groups in total. The first-order chi connectivity index (χ1) is 9.61. The lowest BCUT2D eigenvalue weighted by atomic mass is 10.1. The number of hydrogen-bond acceptors (Lipinski definition) is 1. The number of fused-ring (bicyclic) bond motifs is 1. The van der Waals surface area contributed by atoms with Crippen molar-refractivity contribution < 1.29 is 13.6 Å². The highest BCUT2D eigenvalue weighted by Crippen LogP contribution is 2.23. The molecule has 0 heterocycles. The molecular formula is C16H13F2NO. The van der Waals surface area contributed by atoms with E-state index in [1.165, 1.54) is 36.4 Å². The van der Waals surface area contributed by atoms with Gasteiger partial charge in [0.05, 0.1) is 0 Å². The number of amides is 1. The van der Waals surface area contributed by atoms with E-state index in [2.05, 4.69) is 5.32 Å². The summed E-state index contributed by atoms with van der Waals surface area (Å²) in [4.78, 5) is 12.0. The quantitative estimate of drug-likeness (QED) is 0.895. The molecule has 102 valence electrons. The van der Waals surface area contributed by atoms with E-state index in [0.29, 0.717) is 18.4 Å². The fourth-order valence-corrected chi connectivity index (χ4v) is 2.56. The van der Waals surface area contributed by atoms with Crippen LogP contribution in [0.2, 0.25) is 0 Å². The van der Waals surface area contributed by atoms with Gasteiger partial charge in [-0.2, -0.15) is 0 Å². The molecule has 0 saturated heterocycles. The van der Waals surface area contributed by atoms with Gasteiger partial charge in [0.2, 0.25) is 0 Å². The first-order valence-electron chi connectivity index (χ1n) is 6.45. The molecule has 1 aliphatic rings. The Kier molecular flexibility index (Phi) is 3.22. The van der Waals surface area contributed by atoms with Gasteiger partial charge in [-0.25, -0.2) is 8.78 Å². The van der Waals surface area contributed by atoms with Crippen LogP contribution < -0.4 is 5.32 Å². The van der Waals surface area contributed by atoms with Crippen LogP contribution in [-0.4, -0.2) is 11.9 Å². The van der Waals surface area contributed by atoms with E-state index in [-0.39, 0.29) is 23.6 Å². The molecule has 20 heavy (non-hydrogen) atoms. The first kappa shape index (κ1) is 12.8. The molecule has 1 unspecified atom stereocenters. The molecule has 0 aliphatic heterocycles. The molecule has 4 heteroatoms. The van der Waals surface area contributed by atoms with Crippen molar-refractivity contribution >= 4 is 5.91 Å². The van der Waals surface area contributed by atoms with Crippen LogP contribution in [-0.2, 0) is 12.8 Å². The summed E-state index contributed by atoms with van der Waals surface area (Å²) in [6.07, 6.45) is 1.32. The molecular weight excluding hydrogens is 260 g/mol. The molecule has 0 bridgehead atoms. The summed E-state index contributed by atoms with van der Waals surface area (Å²) < 4.78 is 25.9. The molecule has 2 aromatic rings. The van der Waals surface area contributed by atoms with Crippen molar-refractivity contribution in [1.29, 1.82) is 0 Å². The van der Waals surface area contributed by atoms with E-state index in [1.807, 2.05) is 0 Å². The largest absolute Gasteiger partial charge is 0.349 e. The summed E-state index contributed by atoms with van der Waals surface area (Å²) in [6, 6.07) is 10.1. The van der Waals surface area contributed by atoms with Gasteiger partial charge < -0.3 is 5.32 Å². The van der Waals surface area contributed by atoms with E-state index in [0.717, 1.165) is 11.1 Å². The third-order valence-electron chi connectivity index (χ3n) is 3.54. The summed E-state index contributed by atoms with van der Waals surface area (Å²) in [5, 5.41) is 2.90. The van der Waals surface area contributed by atoms with E-state index in [9.17, 15) is 13.6 Å². The third kappa shape index (κ3) is 2.54. The maximum Gasteiger partial charge on any atom is 0.251 e. The minimum atomic E-state index is -0.370. The van der Waals surface area contributed by atoms with Gasteiger partial charge >= 0.3 is 0 Å². The lowest BCUT2D eigenvalue weighted by Crippen LogP contribution is -2.35. The minimum Gasteiger partial charge on any atom is -0.349 e. The number of carbonyl (C=O) groups excluding carboxylic acids is 1. The van der Waals surface area contributed by atoms with Crippen molar-refractivity contribution in [3.05, 3.63) is 70.8 Å². The van der Waals surface area contributed by atoms with Crippen LogP contribution >= 0.6 is 0 Å². The Morgan fingerprint density at radius 3 is 2.35 bits per heavy atom. The summed E-state index contributed by atoms with van der Waals surface area (Å²) in [5.74, 6) is -0.858. The molecule has 0 saturated carbocycles. The Morgan fingerprint density at radius 2 is 1.60 bits per heavy atom. The van der Waals surface area contributed by atoms with Gasteiger partial charge in [0.15, 0.2) is 0 Å². The molecule has 0 radical (unpaired) electrons. The van der Waals surface area contributed by atoms with Crippen LogP contribution in [0.1, 0.15) is 21.5 Å². The minimum absolute atomic E-state index is 0.0376. The number of nitrogens with one attached hydrogen (secondary N) is 1. The zero-order valence-corrected chi connectivity index (χ0v) is 10.7. The highest BCUT2D eigenvalue weighted by atomic mass is 19.1. The number of hydrogen-bond donors (Lipinski definition) is 1. The number of rotatable bonds is 2. The summed E-state index contributed by atoms with van der Waals surface area (Å²) in [6.45, 7) is 0. The second-order valence-electron chi connectivity index (χ2n) is 5.00. The predicted octanol–water partition coefficient (Wildman–Crippen LogP) is 2.86. The smallest absolute Gasteiger partial charge is 0.251 e. The second-order valence-corrected chi connectivity index (χ2v) is 5.00. The van der Waals surface area contributed by atoms with Gasteiger partial charge in [-0.1, -0.05) is 6.07 Å². The standard InChI is InChI=1S/C16H13F2NO/c17-13-4-1-10(2-5-13)16(20)19-15-8-11-3-6-14(18)7-12(11)9-15/h1-7,15H,8-9H2,(H,19,20). The fourth-order valence-electron chi connectivity index (χ4n) is 2.56. The number of benzene rings is 2. The Hall–Kier alpha value is -2.23. The molecule has 1 aliphatic carbocycles. The number of halogens is 2. The van der Waals surface area contributed by atoms with Crippen molar-refractivity contribution in [3.8, 4) is 0 Å². The van der Waals surface area contributed by atoms with Crippen molar-refractivity contribution in [3.63, 3.8) is 0 Å². The topological polar surface area (TPSA) is 29.1 Å². The zero-order valence-electron chi connectivity index (χ0n) is 10.7. The molecule has 2 nitrogen and oxygen atoms in total. The van der Waals surface area contributed by atoms with E-state index >= 15 is 0 Å². The molecule has 3 rings (SSSR count). The third-order valence-corrected chi connectivity index (χ3v) is 3.54. The van der Waals surface area contributed by atoms with Crippen LogP contribution in [0.25, 0.3) is 0 Å². The average molecular weight is 273 g/mol. The molecule has 1 amide bonds. The van der Waals surface area contributed by atoms with Crippen molar-refractivity contribution in [2.75, 3.05) is 0 Å². The fraction of sp³-hybridized carbons (Fsp3) is 0.188. The zero-order chi connectivity index (χ0) is 14.1. The highest BCUT2D eigenvalue weighted by Gasteiger charge is 2.23. The van der Waals surface area contributed by atoms with Gasteiger partial charge in [0.25, 0.3) is 5.91 Å². The molecule has 0 spiro atoms. The van der Waals surface area contributed by atoms with Gasteiger partial charge in [-0.3, -0.25) is 4.79 Å². The summed E-state index contributed by atoms with van der Waals surface area (Å²) in [7, 11) is 0. The van der Waals surface area contributed by atoms with Gasteiger partial charge in [-0.05, 0) is 60.4 Å². The Morgan fingerprint density at radius 1 is 0.950 bits per heavy atom. The summed E-state index contributed by atoms with van der Waals surface area (Å²) >= 11 is 0. The van der Waals surface area contributed by atoms with Gasteiger partial charge in [-0.15, -0.1) is 0 Å². The second kappa shape index (κ2) is 5.04. The number of carbonyl (C=O) groups is 1. The van der Waals surface area contributed by atoms with Crippen molar-refractivity contribution in [1.82, 2.24) is 5.32 Å². The van der Waals surface area contributed by atoms with E-state index < -0.39 is 0 Å². The van der Waals surface area contributed by atoms with Gasteiger partial charge in [0, 0.05) is 11.6 Å². The lowest BCUT2D eigenvalue weighted by Gasteiger charge is -2.11. The van der Waals surface area contributed by atoms with E-state index in [1.54, 1.807) is 6.07 Å². The van der Waals surface area contributed by atoms with Crippen LogP contribution in [0.4, 0.5) is 8.78 Å². The lowest BCUT2D eigenvalue weighted by molar-refractivity contribution is 0.0938. The van der Waals surface area contributed by atoms with Crippen LogP contribution in [0.3, 0.4) is 0 Å². The maximum absolute atomic E-state index is 13.1. The van der Waals surface area contributed by atoms with Crippen LogP contribution in [0, 0.1) is 11.6 Å². The van der Waals surface area contributed by atoms with Crippen LogP contribution in [0.15, 0.2) is 42.5 Å². The van der Waals surface area contributed by atoms with Crippen molar-refractivity contribution in [2.24, 2.45) is 0 Å². The Labute approximate surface area is 115 Å².